The Morgan fingerprint density at radius 2 is 1.62 bits per heavy atom. The van der Waals surface area contributed by atoms with Crippen molar-refractivity contribution in [3.8, 4) is 11.5 Å². The number of nitrogens with one attached hydrogen (secondary N) is 1. The van der Waals surface area contributed by atoms with Crippen molar-refractivity contribution >= 4 is 45.9 Å². The van der Waals surface area contributed by atoms with Crippen LogP contribution in [-0.4, -0.2) is 59.9 Å². The van der Waals surface area contributed by atoms with Gasteiger partial charge in [-0.25, -0.2) is 0 Å². The van der Waals surface area contributed by atoms with Crippen molar-refractivity contribution in [2.24, 2.45) is 0 Å². The van der Waals surface area contributed by atoms with E-state index in [0.29, 0.717) is 46.6 Å². The molecule has 7 nitrogen and oxygen atoms in total. The zero-order chi connectivity index (χ0) is 28.8. The smallest absolute Gasteiger partial charge is 0.254 e. The van der Waals surface area contributed by atoms with E-state index in [-0.39, 0.29) is 24.4 Å². The average Bonchev–Trinajstić information content (AvgIpc) is 3.35. The molecule has 40 heavy (non-hydrogen) atoms. The molecule has 4 rings (SSSR count). The zero-order valence-corrected chi connectivity index (χ0v) is 24.6. The highest BCUT2D eigenvalue weighted by atomic mass is 35.5. The molecule has 2 amide bonds. The van der Waals surface area contributed by atoms with Crippen LogP contribution in [0, 0.1) is 0 Å². The lowest BCUT2D eigenvalue weighted by Crippen LogP contribution is -2.46. The molecule has 0 radical (unpaired) electrons. The Balaban J connectivity index is 1.60. The summed E-state index contributed by atoms with van der Waals surface area (Å²) in [6.45, 7) is 4.45. The van der Waals surface area contributed by atoms with Gasteiger partial charge in [-0.2, -0.15) is 0 Å². The number of H-pyrrole nitrogens is 1. The highest BCUT2D eigenvalue weighted by Crippen LogP contribution is 2.28. The van der Waals surface area contributed by atoms with Gasteiger partial charge < -0.3 is 24.3 Å². The summed E-state index contributed by atoms with van der Waals surface area (Å²) in [5.41, 5.74) is 3.39. The molecule has 0 aliphatic heterocycles. The molecule has 0 bridgehead atoms. The van der Waals surface area contributed by atoms with E-state index in [1.54, 1.807) is 37.3 Å². The SMILES string of the molecule is COc1ccc(CN(CCc2c[nH]c3ccccc23)C(=O)CN(C(=O)c2cc(Cl)cc(Cl)c2)C(C)C)cc1OC. The Morgan fingerprint density at radius 1 is 0.925 bits per heavy atom. The number of fused-ring (bicyclic) bond motifs is 1. The molecule has 9 heteroatoms. The van der Waals surface area contributed by atoms with E-state index in [0.717, 1.165) is 22.0 Å². The number of carbonyl (C=O) groups is 2. The van der Waals surface area contributed by atoms with E-state index < -0.39 is 0 Å². The fourth-order valence-corrected chi connectivity index (χ4v) is 5.19. The van der Waals surface area contributed by atoms with Crippen LogP contribution in [0.15, 0.2) is 66.9 Å². The number of amides is 2. The van der Waals surface area contributed by atoms with E-state index in [9.17, 15) is 9.59 Å². The third-order valence-electron chi connectivity index (χ3n) is 6.80. The van der Waals surface area contributed by atoms with Gasteiger partial charge in [-0.05, 0) is 67.8 Å². The van der Waals surface area contributed by atoms with E-state index in [1.807, 2.05) is 56.4 Å². The molecule has 4 aromatic rings. The minimum absolute atomic E-state index is 0.0954. The number of hydrogen-bond acceptors (Lipinski definition) is 4. The van der Waals surface area contributed by atoms with Gasteiger partial charge in [0.15, 0.2) is 11.5 Å². The predicted molar refractivity (Wildman–Crippen MR) is 160 cm³/mol. The van der Waals surface area contributed by atoms with Gasteiger partial charge in [-0.15, -0.1) is 0 Å². The average molecular weight is 583 g/mol. The number of aromatic amines is 1. The van der Waals surface area contributed by atoms with Crippen molar-refractivity contribution in [3.05, 3.63) is 93.6 Å². The van der Waals surface area contributed by atoms with Crippen LogP contribution in [0.2, 0.25) is 10.0 Å². The predicted octanol–water partition coefficient (Wildman–Crippen LogP) is 6.61. The first-order valence-electron chi connectivity index (χ1n) is 13.0. The lowest BCUT2D eigenvalue weighted by atomic mass is 10.1. The van der Waals surface area contributed by atoms with E-state index in [1.165, 1.54) is 4.90 Å². The fraction of sp³-hybridized carbons (Fsp3) is 0.290. The Labute approximate surface area is 244 Å². The van der Waals surface area contributed by atoms with Gasteiger partial charge in [0.2, 0.25) is 5.91 Å². The molecule has 0 fully saturated rings. The maximum absolute atomic E-state index is 13.8. The number of methoxy groups -OCH3 is 2. The number of para-hydroxylation sites is 1. The summed E-state index contributed by atoms with van der Waals surface area (Å²) in [5.74, 6) is 0.709. The Bertz CT molecular complexity index is 1480. The van der Waals surface area contributed by atoms with Gasteiger partial charge >= 0.3 is 0 Å². The minimum atomic E-state index is -0.310. The van der Waals surface area contributed by atoms with Gasteiger partial charge in [0, 0.05) is 51.8 Å². The lowest BCUT2D eigenvalue weighted by molar-refractivity contribution is -0.132. The van der Waals surface area contributed by atoms with Crippen molar-refractivity contribution in [3.63, 3.8) is 0 Å². The molecule has 1 heterocycles. The topological polar surface area (TPSA) is 74.9 Å². The zero-order valence-electron chi connectivity index (χ0n) is 23.0. The molecule has 0 spiro atoms. The fourth-order valence-electron chi connectivity index (χ4n) is 4.66. The van der Waals surface area contributed by atoms with Gasteiger partial charge in [0.25, 0.3) is 5.91 Å². The van der Waals surface area contributed by atoms with Crippen LogP contribution in [0.1, 0.15) is 35.3 Å². The largest absolute Gasteiger partial charge is 0.493 e. The van der Waals surface area contributed by atoms with Gasteiger partial charge in [0.05, 0.1) is 14.2 Å². The highest BCUT2D eigenvalue weighted by Gasteiger charge is 2.25. The Kier molecular flexibility index (Phi) is 9.61. The van der Waals surface area contributed by atoms with Gasteiger partial charge in [0.1, 0.15) is 6.54 Å². The number of rotatable bonds is 11. The number of benzene rings is 3. The number of halogens is 2. The minimum Gasteiger partial charge on any atom is -0.493 e. The molecule has 0 saturated carbocycles. The molecular weight excluding hydrogens is 549 g/mol. The first-order valence-corrected chi connectivity index (χ1v) is 13.8. The first kappa shape index (κ1) is 29.3. The van der Waals surface area contributed by atoms with Crippen LogP contribution in [0.25, 0.3) is 10.9 Å². The lowest BCUT2D eigenvalue weighted by Gasteiger charge is -2.30. The maximum Gasteiger partial charge on any atom is 0.254 e. The Morgan fingerprint density at radius 3 is 2.30 bits per heavy atom. The van der Waals surface area contributed by atoms with E-state index >= 15 is 0 Å². The summed E-state index contributed by atoms with van der Waals surface area (Å²) >= 11 is 12.3. The maximum atomic E-state index is 13.8. The van der Waals surface area contributed by atoms with Gasteiger partial charge in [-0.1, -0.05) is 47.5 Å². The number of aromatic nitrogens is 1. The molecule has 3 aromatic carbocycles. The van der Waals surface area contributed by atoms with Crippen molar-refractivity contribution < 1.29 is 19.1 Å². The number of ether oxygens (including phenoxy) is 2. The molecule has 0 aliphatic carbocycles. The standard InChI is InChI=1S/C31H33Cl2N3O4/c1-20(2)36(31(38)23-14-24(32)16-25(33)15-23)19-30(37)35(18-21-9-10-28(39-3)29(13-21)40-4)12-11-22-17-34-27-8-6-5-7-26(22)27/h5-10,13-17,20,34H,11-12,18-19H2,1-4H3. The summed E-state index contributed by atoms with van der Waals surface area (Å²) in [7, 11) is 3.16. The van der Waals surface area contributed by atoms with Crippen LogP contribution in [0.3, 0.4) is 0 Å². The van der Waals surface area contributed by atoms with Gasteiger partial charge in [-0.3, -0.25) is 9.59 Å². The normalized spacial score (nSPS) is 11.1. The number of carbonyl (C=O) groups excluding carboxylic acids is 2. The van der Waals surface area contributed by atoms with Crippen molar-refractivity contribution in [1.82, 2.24) is 14.8 Å². The number of hydrogen-bond donors (Lipinski definition) is 1. The monoisotopic (exact) mass is 581 g/mol. The van der Waals surface area contributed by atoms with Crippen LogP contribution in [0.4, 0.5) is 0 Å². The van der Waals surface area contributed by atoms with Crippen LogP contribution >= 0.6 is 23.2 Å². The first-order chi connectivity index (χ1) is 19.2. The second-order valence-electron chi connectivity index (χ2n) is 9.80. The summed E-state index contributed by atoms with van der Waals surface area (Å²) in [6, 6.07) is 18.1. The second-order valence-corrected chi connectivity index (χ2v) is 10.7. The Hall–Kier alpha value is -3.68. The third kappa shape index (κ3) is 6.90. The summed E-state index contributed by atoms with van der Waals surface area (Å²) in [5, 5.41) is 1.84. The molecule has 1 N–H and O–H groups in total. The highest BCUT2D eigenvalue weighted by molar-refractivity contribution is 6.35. The second kappa shape index (κ2) is 13.1. The molecule has 210 valence electrons. The molecule has 0 saturated heterocycles. The van der Waals surface area contributed by atoms with Crippen LogP contribution in [0.5, 0.6) is 11.5 Å². The molecule has 0 atom stereocenters. The van der Waals surface area contributed by atoms with Crippen molar-refractivity contribution in [2.75, 3.05) is 27.3 Å². The molecule has 0 aliphatic rings. The van der Waals surface area contributed by atoms with Crippen molar-refractivity contribution in [1.29, 1.82) is 0 Å². The van der Waals surface area contributed by atoms with E-state index in [2.05, 4.69) is 11.1 Å². The summed E-state index contributed by atoms with van der Waals surface area (Å²) < 4.78 is 10.8. The quantitative estimate of drug-likeness (QED) is 0.216. The number of nitrogens with zero attached hydrogens (tertiary/aromatic N) is 2. The third-order valence-corrected chi connectivity index (χ3v) is 7.24. The molecule has 1 aromatic heterocycles. The molecular formula is C31H33Cl2N3O4. The van der Waals surface area contributed by atoms with Crippen LogP contribution < -0.4 is 9.47 Å². The van der Waals surface area contributed by atoms with E-state index in [4.69, 9.17) is 32.7 Å². The van der Waals surface area contributed by atoms with Crippen molar-refractivity contribution in [2.45, 2.75) is 32.9 Å². The summed E-state index contributed by atoms with van der Waals surface area (Å²) in [4.78, 5) is 33.9. The molecule has 0 unspecified atom stereocenters. The summed E-state index contributed by atoms with van der Waals surface area (Å²) in [6.07, 6.45) is 2.62. The van der Waals surface area contributed by atoms with Crippen LogP contribution in [-0.2, 0) is 17.8 Å².